The SMILES string of the molecule is CN(CC#Cc1ccc(OCCCc2scnc2C(=O)O)c(F)c1)CC[C@H](O)CO. The lowest BCUT2D eigenvalue weighted by Crippen LogP contribution is -2.25. The Morgan fingerprint density at radius 3 is 2.93 bits per heavy atom. The highest BCUT2D eigenvalue weighted by atomic mass is 32.1. The highest BCUT2D eigenvalue weighted by molar-refractivity contribution is 7.09. The zero-order valence-corrected chi connectivity index (χ0v) is 17.5. The number of aliphatic hydroxyl groups excluding tert-OH is 2. The number of rotatable bonds is 11. The first-order valence-electron chi connectivity index (χ1n) is 9.45. The van der Waals surface area contributed by atoms with Crippen LogP contribution in [-0.4, -0.2) is 70.6 Å². The highest BCUT2D eigenvalue weighted by Gasteiger charge is 2.13. The fourth-order valence-corrected chi connectivity index (χ4v) is 3.35. The van der Waals surface area contributed by atoms with Crippen LogP contribution in [0.2, 0.25) is 0 Å². The summed E-state index contributed by atoms with van der Waals surface area (Å²) in [6.07, 6.45) is 0.764. The van der Waals surface area contributed by atoms with E-state index in [2.05, 4.69) is 16.8 Å². The van der Waals surface area contributed by atoms with Crippen LogP contribution in [-0.2, 0) is 6.42 Å². The smallest absolute Gasteiger partial charge is 0.355 e. The molecule has 3 N–H and O–H groups in total. The van der Waals surface area contributed by atoms with Crippen LogP contribution in [0.1, 0.15) is 33.8 Å². The maximum absolute atomic E-state index is 14.2. The van der Waals surface area contributed by atoms with Gasteiger partial charge in [-0.15, -0.1) is 11.3 Å². The second kappa shape index (κ2) is 12.2. The molecular formula is C21H25FN2O5S. The maximum Gasteiger partial charge on any atom is 0.355 e. The van der Waals surface area contributed by atoms with Crippen molar-refractivity contribution in [3.63, 3.8) is 0 Å². The molecule has 0 bridgehead atoms. The van der Waals surface area contributed by atoms with Crippen molar-refractivity contribution in [3.8, 4) is 17.6 Å². The van der Waals surface area contributed by atoms with Crippen molar-refractivity contribution >= 4 is 17.3 Å². The zero-order chi connectivity index (χ0) is 21.9. The largest absolute Gasteiger partial charge is 0.491 e. The summed E-state index contributed by atoms with van der Waals surface area (Å²) in [4.78, 5) is 17.4. The number of aromatic nitrogens is 1. The number of halogens is 1. The molecule has 0 spiro atoms. The average Bonchev–Trinajstić information content (AvgIpc) is 3.19. The minimum atomic E-state index is -1.05. The number of ether oxygens (including phenoxy) is 1. The third-order valence-electron chi connectivity index (χ3n) is 4.22. The van der Waals surface area contributed by atoms with E-state index in [0.717, 1.165) is 0 Å². The van der Waals surface area contributed by atoms with Crippen LogP contribution in [0, 0.1) is 17.7 Å². The summed E-state index contributed by atoms with van der Waals surface area (Å²) in [5, 5.41) is 27.2. The molecule has 0 fully saturated rings. The van der Waals surface area contributed by atoms with Crippen LogP contribution in [0.25, 0.3) is 0 Å². The number of hydrogen-bond acceptors (Lipinski definition) is 7. The third kappa shape index (κ3) is 7.72. The molecule has 1 aromatic carbocycles. The number of aryl methyl sites for hydroxylation is 1. The van der Waals surface area contributed by atoms with Crippen molar-refractivity contribution in [2.24, 2.45) is 0 Å². The third-order valence-corrected chi connectivity index (χ3v) is 5.11. The lowest BCUT2D eigenvalue weighted by atomic mass is 10.2. The molecule has 7 nitrogen and oxygen atoms in total. The number of benzene rings is 1. The minimum absolute atomic E-state index is 0.0596. The van der Waals surface area contributed by atoms with Crippen LogP contribution in [0.4, 0.5) is 4.39 Å². The van der Waals surface area contributed by atoms with E-state index in [1.165, 1.54) is 29.0 Å². The first kappa shape index (κ1) is 23.8. The molecule has 0 aliphatic heterocycles. The zero-order valence-electron chi connectivity index (χ0n) is 16.7. The van der Waals surface area contributed by atoms with Crippen molar-refractivity contribution in [3.05, 3.63) is 45.7 Å². The summed E-state index contributed by atoms with van der Waals surface area (Å²) in [6.45, 7) is 1.03. The van der Waals surface area contributed by atoms with Crippen LogP contribution in [0.15, 0.2) is 23.7 Å². The lowest BCUT2D eigenvalue weighted by molar-refractivity contribution is 0.0690. The number of carbonyl (C=O) groups is 1. The van der Waals surface area contributed by atoms with Gasteiger partial charge in [-0.2, -0.15) is 0 Å². The summed E-state index contributed by atoms with van der Waals surface area (Å²) in [6, 6.07) is 4.51. The molecule has 2 aromatic rings. The number of carboxylic acid groups (broad SMARTS) is 1. The molecule has 0 aliphatic rings. The van der Waals surface area contributed by atoms with Crippen LogP contribution in [0.3, 0.4) is 0 Å². The van der Waals surface area contributed by atoms with Crippen molar-refractivity contribution in [2.45, 2.75) is 25.4 Å². The van der Waals surface area contributed by atoms with E-state index in [9.17, 15) is 14.3 Å². The Balaban J connectivity index is 1.78. The van der Waals surface area contributed by atoms with E-state index in [1.807, 2.05) is 11.9 Å². The maximum atomic E-state index is 14.2. The fraction of sp³-hybridized carbons (Fsp3) is 0.429. The standard InChI is InChI=1S/C21H25FN2O5S/c1-24(10-8-16(26)13-25)9-2-4-15-6-7-18(17(22)12-15)29-11-3-5-19-20(21(27)28)23-14-30-19/h6-7,12,14,16,25-26H,3,5,8-11,13H2,1H3,(H,27,28)/t16-/m0/s1. The Kier molecular flexibility index (Phi) is 9.70. The molecule has 30 heavy (non-hydrogen) atoms. The van der Waals surface area contributed by atoms with Gasteiger partial charge in [-0.05, 0) is 44.5 Å². The second-order valence-electron chi connectivity index (χ2n) is 6.69. The Morgan fingerprint density at radius 1 is 1.43 bits per heavy atom. The molecule has 0 aliphatic carbocycles. The van der Waals surface area contributed by atoms with Gasteiger partial charge in [-0.3, -0.25) is 4.90 Å². The molecular weight excluding hydrogens is 411 g/mol. The van der Waals surface area contributed by atoms with Gasteiger partial charge in [0.05, 0.1) is 31.4 Å². The number of hydrogen-bond donors (Lipinski definition) is 3. The van der Waals surface area contributed by atoms with Crippen LogP contribution in [0.5, 0.6) is 5.75 Å². The fourth-order valence-electron chi connectivity index (χ4n) is 2.55. The van der Waals surface area contributed by atoms with Gasteiger partial charge in [-0.1, -0.05) is 11.8 Å². The van der Waals surface area contributed by atoms with Gasteiger partial charge in [0, 0.05) is 17.0 Å². The van der Waals surface area contributed by atoms with E-state index >= 15 is 0 Å². The number of thiazole rings is 1. The Hall–Kier alpha value is -2.51. The van der Waals surface area contributed by atoms with E-state index in [1.54, 1.807) is 6.07 Å². The van der Waals surface area contributed by atoms with Gasteiger partial charge in [0.25, 0.3) is 0 Å². The molecule has 1 atom stereocenters. The average molecular weight is 437 g/mol. The number of nitrogens with zero attached hydrogens (tertiary/aromatic N) is 2. The Bertz CT molecular complexity index is 893. The Morgan fingerprint density at radius 2 is 2.23 bits per heavy atom. The number of aliphatic hydroxyl groups is 2. The second-order valence-corrected chi connectivity index (χ2v) is 7.63. The van der Waals surface area contributed by atoms with Crippen molar-refractivity contribution in [1.29, 1.82) is 0 Å². The van der Waals surface area contributed by atoms with Crippen LogP contribution >= 0.6 is 11.3 Å². The quantitative estimate of drug-likeness (QED) is 0.366. The van der Waals surface area contributed by atoms with E-state index < -0.39 is 17.9 Å². The first-order chi connectivity index (χ1) is 14.4. The number of carboxylic acids is 1. The van der Waals surface area contributed by atoms with E-state index in [0.29, 0.717) is 42.8 Å². The molecule has 0 radical (unpaired) electrons. The molecule has 0 saturated heterocycles. The van der Waals surface area contributed by atoms with E-state index in [-0.39, 0.29) is 24.7 Å². The summed E-state index contributed by atoms with van der Waals surface area (Å²) < 4.78 is 19.7. The van der Waals surface area contributed by atoms with Crippen LogP contribution < -0.4 is 4.74 Å². The molecule has 9 heteroatoms. The molecule has 2 rings (SSSR count). The number of aromatic carboxylic acids is 1. The van der Waals surface area contributed by atoms with Gasteiger partial charge < -0.3 is 20.1 Å². The van der Waals surface area contributed by atoms with Gasteiger partial charge in [-0.25, -0.2) is 14.2 Å². The normalized spacial score (nSPS) is 11.8. The molecule has 0 saturated carbocycles. The van der Waals surface area contributed by atoms with Gasteiger partial charge >= 0.3 is 5.97 Å². The van der Waals surface area contributed by atoms with Gasteiger partial charge in [0.1, 0.15) is 0 Å². The lowest BCUT2D eigenvalue weighted by Gasteiger charge is -2.14. The predicted molar refractivity (Wildman–Crippen MR) is 111 cm³/mol. The Labute approximate surface area is 178 Å². The van der Waals surface area contributed by atoms with Crippen molar-refractivity contribution in [2.75, 3.05) is 33.4 Å². The predicted octanol–water partition coefficient (Wildman–Crippen LogP) is 2.02. The van der Waals surface area contributed by atoms with Crippen molar-refractivity contribution in [1.82, 2.24) is 9.88 Å². The minimum Gasteiger partial charge on any atom is -0.491 e. The summed E-state index contributed by atoms with van der Waals surface area (Å²) in [5.41, 5.74) is 2.08. The van der Waals surface area contributed by atoms with Crippen molar-refractivity contribution < 1.29 is 29.2 Å². The summed E-state index contributed by atoms with van der Waals surface area (Å²) in [5.74, 6) is 4.39. The molecule has 1 aromatic heterocycles. The monoisotopic (exact) mass is 436 g/mol. The molecule has 162 valence electrons. The highest BCUT2D eigenvalue weighted by Crippen LogP contribution is 2.19. The van der Waals surface area contributed by atoms with Gasteiger partial charge in [0.15, 0.2) is 17.3 Å². The molecule has 0 amide bonds. The topological polar surface area (TPSA) is 103 Å². The summed E-state index contributed by atoms with van der Waals surface area (Å²) in [7, 11) is 1.85. The molecule has 1 heterocycles. The summed E-state index contributed by atoms with van der Waals surface area (Å²) >= 11 is 1.28. The first-order valence-corrected chi connectivity index (χ1v) is 10.3. The van der Waals surface area contributed by atoms with E-state index in [4.69, 9.17) is 14.9 Å². The molecule has 0 unspecified atom stereocenters. The van der Waals surface area contributed by atoms with Gasteiger partial charge in [0.2, 0.25) is 0 Å².